The highest BCUT2D eigenvalue weighted by Gasteiger charge is 2.26. The predicted molar refractivity (Wildman–Crippen MR) is 110 cm³/mol. The van der Waals surface area contributed by atoms with Gasteiger partial charge in [-0.2, -0.15) is 5.26 Å². The second kappa shape index (κ2) is 10.4. The Morgan fingerprint density at radius 3 is 2.40 bits per heavy atom. The lowest BCUT2D eigenvalue weighted by molar-refractivity contribution is -0.128. The van der Waals surface area contributed by atoms with Crippen LogP contribution in [-0.2, 0) is 14.3 Å². The maximum atomic E-state index is 12.8. The molecule has 1 aliphatic rings. The van der Waals surface area contributed by atoms with E-state index >= 15 is 0 Å². The molecule has 1 saturated heterocycles. The third-order valence-corrected chi connectivity index (χ3v) is 5.12. The molecule has 1 N–H and O–H groups in total. The molecule has 160 valence electrons. The number of piperidine rings is 1. The molecular weight excluding hydrogens is 388 g/mol. The Hall–Kier alpha value is -3.38. The molecule has 2 rings (SSSR count). The number of amides is 1. The molecule has 30 heavy (non-hydrogen) atoms. The number of benzene rings is 1. The second-order valence-corrected chi connectivity index (χ2v) is 7.01. The van der Waals surface area contributed by atoms with E-state index in [0.717, 1.165) is 25.9 Å². The van der Waals surface area contributed by atoms with Gasteiger partial charge in [-0.3, -0.25) is 4.79 Å². The largest absolute Gasteiger partial charge is 0.465 e. The van der Waals surface area contributed by atoms with E-state index in [1.807, 2.05) is 13.1 Å². The number of hydrogen-bond donors (Lipinski definition) is 1. The fourth-order valence-electron chi connectivity index (χ4n) is 3.23. The number of nitrogens with one attached hydrogen (secondary N) is 1. The molecule has 1 aromatic rings. The minimum Gasteiger partial charge on any atom is -0.465 e. The standard InChI is InChI=1S/C21H26N4O5/c1-24-9-7-16(8-10-24)25(2)19(26)15(12-22)13-23-18-11-14(20(27)29-3)5-6-17(18)21(28)30-4/h5-6,11,13,16,23H,7-10H2,1-4H3/b15-13-. The number of carbonyl (C=O) groups is 3. The van der Waals surface area contributed by atoms with Crippen molar-refractivity contribution in [2.75, 3.05) is 46.7 Å². The summed E-state index contributed by atoms with van der Waals surface area (Å²) in [6, 6.07) is 6.19. The molecule has 1 aromatic carbocycles. The summed E-state index contributed by atoms with van der Waals surface area (Å²) in [6.45, 7) is 1.77. The van der Waals surface area contributed by atoms with Crippen molar-refractivity contribution in [3.05, 3.63) is 41.1 Å². The summed E-state index contributed by atoms with van der Waals surface area (Å²) in [5, 5.41) is 12.3. The van der Waals surface area contributed by atoms with Crippen molar-refractivity contribution in [2.24, 2.45) is 0 Å². The number of rotatable bonds is 6. The van der Waals surface area contributed by atoms with Crippen LogP contribution < -0.4 is 5.32 Å². The fourth-order valence-corrected chi connectivity index (χ4v) is 3.23. The Bertz CT molecular complexity index is 882. The molecule has 0 saturated carbocycles. The molecule has 9 heteroatoms. The lowest BCUT2D eigenvalue weighted by Crippen LogP contribution is -2.44. The minimum atomic E-state index is -0.629. The zero-order valence-electron chi connectivity index (χ0n) is 17.6. The topological polar surface area (TPSA) is 112 Å². The summed E-state index contributed by atoms with van der Waals surface area (Å²) < 4.78 is 9.44. The summed E-state index contributed by atoms with van der Waals surface area (Å²) in [5.41, 5.74) is 0.451. The Morgan fingerprint density at radius 2 is 1.83 bits per heavy atom. The zero-order valence-corrected chi connectivity index (χ0v) is 17.6. The summed E-state index contributed by atoms with van der Waals surface area (Å²) in [4.78, 5) is 40.4. The summed E-state index contributed by atoms with van der Waals surface area (Å²) >= 11 is 0. The van der Waals surface area contributed by atoms with Crippen LogP contribution in [0.2, 0.25) is 0 Å². The first kappa shape index (κ1) is 22.9. The normalized spacial score (nSPS) is 15.1. The summed E-state index contributed by atoms with van der Waals surface area (Å²) in [5.74, 6) is -1.63. The van der Waals surface area contributed by atoms with Gasteiger partial charge in [-0.15, -0.1) is 0 Å². The van der Waals surface area contributed by atoms with Gasteiger partial charge in [-0.25, -0.2) is 9.59 Å². The number of hydrogen-bond acceptors (Lipinski definition) is 8. The van der Waals surface area contributed by atoms with Crippen molar-refractivity contribution >= 4 is 23.5 Å². The van der Waals surface area contributed by atoms with Crippen LogP contribution in [0, 0.1) is 11.3 Å². The number of likely N-dealkylation sites (tertiary alicyclic amines) is 1. The first-order valence-electron chi connectivity index (χ1n) is 9.45. The minimum absolute atomic E-state index is 0.0544. The summed E-state index contributed by atoms with van der Waals surface area (Å²) in [6.07, 6.45) is 2.90. The van der Waals surface area contributed by atoms with E-state index in [1.54, 1.807) is 11.9 Å². The number of esters is 2. The van der Waals surface area contributed by atoms with E-state index < -0.39 is 17.8 Å². The molecule has 1 heterocycles. The van der Waals surface area contributed by atoms with Crippen LogP contribution in [0.25, 0.3) is 0 Å². The predicted octanol–water partition coefficient (Wildman–Crippen LogP) is 1.63. The van der Waals surface area contributed by atoms with E-state index in [2.05, 4.69) is 10.2 Å². The van der Waals surface area contributed by atoms with E-state index in [0.29, 0.717) is 0 Å². The number of nitriles is 1. The van der Waals surface area contributed by atoms with Crippen molar-refractivity contribution < 1.29 is 23.9 Å². The van der Waals surface area contributed by atoms with Gasteiger partial charge >= 0.3 is 11.9 Å². The van der Waals surface area contributed by atoms with Gasteiger partial charge in [0.25, 0.3) is 5.91 Å². The maximum Gasteiger partial charge on any atom is 0.339 e. The van der Waals surface area contributed by atoms with Gasteiger partial charge in [0.15, 0.2) is 0 Å². The lowest BCUT2D eigenvalue weighted by Gasteiger charge is -2.35. The maximum absolute atomic E-state index is 12.8. The number of nitrogens with zero attached hydrogens (tertiary/aromatic N) is 3. The van der Waals surface area contributed by atoms with Crippen LogP contribution in [0.1, 0.15) is 33.6 Å². The number of likely N-dealkylation sites (N-methyl/N-ethyl adjacent to an activating group) is 1. The molecule has 9 nitrogen and oxygen atoms in total. The van der Waals surface area contributed by atoms with Crippen molar-refractivity contribution in [1.82, 2.24) is 9.80 Å². The van der Waals surface area contributed by atoms with Crippen molar-refractivity contribution in [2.45, 2.75) is 18.9 Å². The number of methoxy groups -OCH3 is 2. The Kier molecular flexibility index (Phi) is 7.95. The molecule has 0 aliphatic carbocycles. The zero-order chi connectivity index (χ0) is 22.3. The van der Waals surface area contributed by atoms with Crippen LogP contribution in [-0.4, -0.2) is 75.1 Å². The third kappa shape index (κ3) is 5.36. The van der Waals surface area contributed by atoms with Gasteiger partial charge in [-0.1, -0.05) is 0 Å². The molecule has 0 atom stereocenters. The van der Waals surface area contributed by atoms with Crippen LogP contribution in [0.3, 0.4) is 0 Å². The van der Waals surface area contributed by atoms with Gasteiger partial charge in [0.05, 0.1) is 31.0 Å². The average molecular weight is 414 g/mol. The number of ether oxygens (including phenoxy) is 2. The fraction of sp³-hybridized carbons (Fsp3) is 0.429. The number of carbonyl (C=O) groups excluding carboxylic acids is 3. The van der Waals surface area contributed by atoms with Gasteiger partial charge < -0.3 is 24.6 Å². The molecule has 1 amide bonds. The number of anilines is 1. The molecule has 1 fully saturated rings. The molecule has 0 unspecified atom stereocenters. The van der Waals surface area contributed by atoms with Gasteiger partial charge in [-0.05, 0) is 51.2 Å². The highest BCUT2D eigenvalue weighted by molar-refractivity contribution is 6.00. The van der Waals surface area contributed by atoms with Crippen molar-refractivity contribution in [3.63, 3.8) is 0 Å². The third-order valence-electron chi connectivity index (χ3n) is 5.12. The quantitative estimate of drug-likeness (QED) is 0.425. The molecule has 1 aliphatic heterocycles. The Labute approximate surface area is 175 Å². The smallest absolute Gasteiger partial charge is 0.339 e. The Morgan fingerprint density at radius 1 is 1.20 bits per heavy atom. The van der Waals surface area contributed by atoms with Gasteiger partial charge in [0.1, 0.15) is 11.6 Å². The monoisotopic (exact) mass is 414 g/mol. The van der Waals surface area contributed by atoms with E-state index in [4.69, 9.17) is 9.47 Å². The Balaban J connectivity index is 2.26. The molecular formula is C21H26N4O5. The first-order valence-corrected chi connectivity index (χ1v) is 9.45. The highest BCUT2D eigenvalue weighted by Crippen LogP contribution is 2.21. The summed E-state index contributed by atoms with van der Waals surface area (Å²) in [7, 11) is 6.19. The van der Waals surface area contributed by atoms with Crippen molar-refractivity contribution in [1.29, 1.82) is 5.26 Å². The molecule has 0 radical (unpaired) electrons. The second-order valence-electron chi connectivity index (χ2n) is 7.01. The lowest BCUT2D eigenvalue weighted by atomic mass is 10.0. The molecule has 0 bridgehead atoms. The SMILES string of the molecule is COC(=O)c1ccc(C(=O)OC)c(N/C=C(/C#N)C(=O)N(C)C2CCN(C)CC2)c1. The van der Waals surface area contributed by atoms with E-state index in [1.165, 1.54) is 38.6 Å². The van der Waals surface area contributed by atoms with Crippen LogP contribution in [0.5, 0.6) is 0 Å². The van der Waals surface area contributed by atoms with Crippen LogP contribution in [0.15, 0.2) is 30.0 Å². The average Bonchev–Trinajstić information content (AvgIpc) is 2.78. The van der Waals surface area contributed by atoms with Crippen LogP contribution >= 0.6 is 0 Å². The highest BCUT2D eigenvalue weighted by atomic mass is 16.5. The van der Waals surface area contributed by atoms with Gasteiger partial charge in [0, 0.05) is 19.3 Å². The molecule has 0 spiro atoms. The molecule has 0 aromatic heterocycles. The van der Waals surface area contributed by atoms with E-state index in [9.17, 15) is 19.6 Å². The van der Waals surface area contributed by atoms with Gasteiger partial charge in [0.2, 0.25) is 0 Å². The first-order chi connectivity index (χ1) is 14.3. The van der Waals surface area contributed by atoms with Crippen LogP contribution in [0.4, 0.5) is 5.69 Å². The van der Waals surface area contributed by atoms with E-state index in [-0.39, 0.29) is 28.4 Å². The van der Waals surface area contributed by atoms with Crippen molar-refractivity contribution in [3.8, 4) is 6.07 Å².